The molecule has 0 fully saturated rings. The van der Waals surface area contributed by atoms with E-state index in [1.165, 1.54) is 12.8 Å². The highest BCUT2D eigenvalue weighted by Crippen LogP contribution is 2.14. The van der Waals surface area contributed by atoms with Crippen molar-refractivity contribution in [3.63, 3.8) is 0 Å². The average Bonchev–Trinajstić information content (AvgIpc) is 3.38. The van der Waals surface area contributed by atoms with Crippen LogP contribution in [-0.4, -0.2) is 82.3 Å². The van der Waals surface area contributed by atoms with Crippen molar-refractivity contribution in [1.82, 2.24) is 0 Å². The lowest BCUT2D eigenvalue weighted by molar-refractivity contribution is -0.870. The van der Waals surface area contributed by atoms with Gasteiger partial charge in [0.05, 0.1) is 40.3 Å². The summed E-state index contributed by atoms with van der Waals surface area (Å²) < 4.78 is 22.7. The Labute approximate surface area is 568 Å². The van der Waals surface area contributed by atoms with Crippen molar-refractivity contribution < 1.29 is 42.9 Å². The van der Waals surface area contributed by atoms with Gasteiger partial charge in [-0.1, -0.05) is 284 Å². The second kappa shape index (κ2) is 71.5. The van der Waals surface area contributed by atoms with E-state index in [0.29, 0.717) is 23.9 Å². The number of esters is 2. The number of likely N-dealkylation sites (N-methyl/N-ethyl adjacent to an activating group) is 1. The van der Waals surface area contributed by atoms with Crippen molar-refractivity contribution in [1.29, 1.82) is 0 Å². The molecule has 0 amide bonds. The molecular weight excluding hydrogens is 1150 g/mol. The highest BCUT2D eigenvalue weighted by molar-refractivity contribution is 5.70. The second-order valence-electron chi connectivity index (χ2n) is 24.1. The summed E-state index contributed by atoms with van der Waals surface area (Å²) in [7, 11) is 5.90. The monoisotopic (exact) mass is 1280 g/mol. The highest BCUT2D eigenvalue weighted by Gasteiger charge is 2.22. The predicted octanol–water partition coefficient (Wildman–Crippen LogP) is 21.6. The van der Waals surface area contributed by atoms with Gasteiger partial charge in [0.1, 0.15) is 13.2 Å². The zero-order valence-electron chi connectivity index (χ0n) is 59.0. The number of unbranched alkanes of at least 4 members (excludes halogenated alkanes) is 12. The van der Waals surface area contributed by atoms with Crippen LogP contribution >= 0.6 is 0 Å². The molecule has 0 N–H and O–H groups in total. The van der Waals surface area contributed by atoms with Gasteiger partial charge < -0.3 is 33.3 Å². The molecule has 0 aliphatic carbocycles. The van der Waals surface area contributed by atoms with Gasteiger partial charge in [-0.2, -0.15) is 0 Å². The molecule has 518 valence electrons. The first kappa shape index (κ1) is 86.6. The summed E-state index contributed by atoms with van der Waals surface area (Å²) in [5.74, 6) is -2.35. The van der Waals surface area contributed by atoms with Crippen LogP contribution in [0.3, 0.4) is 0 Å². The van der Waals surface area contributed by atoms with E-state index in [9.17, 15) is 19.5 Å². The Bertz CT molecular complexity index is 2330. The van der Waals surface area contributed by atoms with Crippen LogP contribution in [-0.2, 0) is 33.3 Å². The summed E-state index contributed by atoms with van der Waals surface area (Å²) in [4.78, 5) is 37.5. The molecule has 0 spiro atoms. The minimum absolute atomic E-state index is 0.129. The van der Waals surface area contributed by atoms with Crippen LogP contribution in [0.15, 0.2) is 219 Å². The second-order valence-corrected chi connectivity index (χ2v) is 24.1. The molecule has 0 saturated carbocycles. The van der Waals surface area contributed by atoms with Crippen molar-refractivity contribution in [2.24, 2.45) is 0 Å². The van der Waals surface area contributed by atoms with Gasteiger partial charge in [0, 0.05) is 12.8 Å². The molecule has 9 nitrogen and oxygen atoms in total. The Balaban J connectivity index is 4.26. The number of hydrogen-bond acceptors (Lipinski definition) is 8. The topological polar surface area (TPSA) is 111 Å². The normalized spacial score (nSPS) is 14.0. The predicted molar refractivity (Wildman–Crippen MR) is 397 cm³/mol. The Morgan fingerprint density at radius 1 is 0.323 bits per heavy atom. The van der Waals surface area contributed by atoms with Gasteiger partial charge in [0.2, 0.25) is 0 Å². The molecule has 0 aromatic heterocycles. The molecule has 0 rings (SSSR count). The zero-order valence-corrected chi connectivity index (χ0v) is 59.0. The molecule has 0 aromatic rings. The van der Waals surface area contributed by atoms with E-state index in [1.54, 1.807) is 0 Å². The van der Waals surface area contributed by atoms with Crippen molar-refractivity contribution in [3.8, 4) is 0 Å². The lowest BCUT2D eigenvalue weighted by Gasteiger charge is -2.26. The lowest BCUT2D eigenvalue weighted by atomic mass is 10.1. The van der Waals surface area contributed by atoms with E-state index in [4.69, 9.17) is 18.9 Å². The Morgan fingerprint density at radius 2 is 0.581 bits per heavy atom. The number of carboxylic acid groups (broad SMARTS) is 1. The number of carboxylic acids is 1. The zero-order chi connectivity index (χ0) is 67.5. The first-order valence-corrected chi connectivity index (χ1v) is 35.9. The molecule has 9 heteroatoms. The first-order valence-electron chi connectivity index (χ1n) is 35.9. The van der Waals surface area contributed by atoms with Gasteiger partial charge in [-0.3, -0.25) is 9.59 Å². The van der Waals surface area contributed by atoms with Crippen LogP contribution in [0.5, 0.6) is 0 Å². The smallest absolute Gasteiger partial charge is 0.306 e. The quantitative estimate of drug-likeness (QED) is 0.0195. The maximum Gasteiger partial charge on any atom is 0.306 e. The van der Waals surface area contributed by atoms with Gasteiger partial charge >= 0.3 is 11.9 Å². The number of allylic oxidation sites excluding steroid dienone is 36. The number of carbonyl (C=O) groups is 3. The van der Waals surface area contributed by atoms with Crippen LogP contribution in [0, 0.1) is 0 Å². The summed E-state index contributed by atoms with van der Waals surface area (Å²) in [5, 5.41) is 11.8. The number of quaternary nitrogens is 1. The van der Waals surface area contributed by atoms with E-state index in [2.05, 4.69) is 233 Å². The fraction of sp³-hybridized carbons (Fsp3) is 0.536. The molecule has 0 radical (unpaired) electrons. The minimum Gasteiger partial charge on any atom is -0.545 e. The fourth-order valence-electron chi connectivity index (χ4n) is 8.81. The maximum absolute atomic E-state index is 12.9. The first-order chi connectivity index (χ1) is 45.6. The Hall–Kier alpha value is -6.39. The van der Waals surface area contributed by atoms with E-state index in [0.717, 1.165) is 180 Å². The molecule has 0 aliphatic heterocycles. The minimum atomic E-state index is -1.65. The fourth-order valence-corrected chi connectivity index (χ4v) is 8.81. The highest BCUT2D eigenvalue weighted by atomic mass is 16.7. The van der Waals surface area contributed by atoms with Crippen LogP contribution in [0.1, 0.15) is 232 Å². The molecule has 2 atom stereocenters. The molecular formula is C84H129NO8. The van der Waals surface area contributed by atoms with Crippen molar-refractivity contribution in [2.75, 3.05) is 47.5 Å². The molecule has 0 bridgehead atoms. The van der Waals surface area contributed by atoms with Gasteiger partial charge in [-0.15, -0.1) is 0 Å². The maximum atomic E-state index is 12.9. The van der Waals surface area contributed by atoms with Crippen LogP contribution < -0.4 is 5.11 Å². The Kier molecular flexibility index (Phi) is 66.5. The van der Waals surface area contributed by atoms with Gasteiger partial charge in [0.15, 0.2) is 12.4 Å². The lowest BCUT2D eigenvalue weighted by Crippen LogP contribution is -2.44. The van der Waals surface area contributed by atoms with E-state index >= 15 is 0 Å². The Morgan fingerprint density at radius 3 is 0.860 bits per heavy atom. The number of hydrogen-bond donors (Lipinski definition) is 0. The number of aliphatic carboxylic acids is 1. The summed E-state index contributed by atoms with van der Waals surface area (Å²) in [6.45, 7) is 4.45. The third-order valence-corrected chi connectivity index (χ3v) is 14.2. The standard InChI is InChI=1S/C84H129NO8/c1-6-8-10-12-14-16-18-20-22-24-26-28-30-32-34-35-36-37-38-39-40-41-42-43-44-45-46-47-49-51-53-55-57-59-61-63-65-67-69-71-73-75-82(87)93-80(79-92-84(83(88)89)90-77-76-85(3,4)5)78-91-81(86)74-72-70-68-66-64-62-60-58-56-54-52-50-48-33-31-29-27-25-23-21-19-17-15-13-11-9-7-2/h8-11,14-17,20-23,26-29,32-34,36-37,39-40,42-43,45-46,48-49,51-52,54-55,57-58,60,80,84H,6-7,12-13,18-19,24-25,30-31,35,38,41,44,47,50,53,56,59,61-79H2,1-5H3/b10-8-,11-9-,16-14-,17-15-,22-20-,23-21-,28-26-,29-27-,34-32-,37-36-,40-39-,43-42-,46-45-,48-33-,51-49-,54-52-,57-55-,60-58-. The molecule has 0 heterocycles. The van der Waals surface area contributed by atoms with Crippen molar-refractivity contribution >= 4 is 17.9 Å². The number of nitrogens with zero attached hydrogens (tertiary/aromatic N) is 1. The molecule has 93 heavy (non-hydrogen) atoms. The van der Waals surface area contributed by atoms with Gasteiger partial charge in [-0.05, 0) is 154 Å². The van der Waals surface area contributed by atoms with E-state index < -0.39 is 24.3 Å². The number of rotatable bonds is 63. The summed E-state index contributed by atoms with van der Waals surface area (Å²) in [6, 6.07) is 0. The van der Waals surface area contributed by atoms with Crippen molar-refractivity contribution in [3.05, 3.63) is 219 Å². The molecule has 0 aliphatic rings. The third-order valence-electron chi connectivity index (χ3n) is 14.2. The van der Waals surface area contributed by atoms with Gasteiger partial charge in [-0.25, -0.2) is 0 Å². The molecule has 0 saturated heterocycles. The molecule has 2 unspecified atom stereocenters. The van der Waals surface area contributed by atoms with Crippen LogP contribution in [0.4, 0.5) is 0 Å². The number of ether oxygens (including phenoxy) is 4. The summed E-state index contributed by atoms with van der Waals surface area (Å²) in [6.07, 6.45) is 110. The number of carbonyl (C=O) groups excluding carboxylic acids is 3. The largest absolute Gasteiger partial charge is 0.545 e. The third kappa shape index (κ3) is 72.9. The SMILES string of the molecule is CC/C=C\C/C=C\C/C=C\C/C=C\C/C=C\C/C=C\C/C=C\C/C=C\C/C=C\C/C=C\C/C=C\CCCCCCCCCC(=O)OC(COC(=O)CCCCCCC/C=C\C/C=C\C/C=C\C/C=C\C/C=C\C/C=C\C/C=C\CC)COC(OCC[N+](C)(C)C)C(=O)[O-]. The summed E-state index contributed by atoms with van der Waals surface area (Å²) >= 11 is 0. The molecule has 0 aromatic carbocycles. The van der Waals surface area contributed by atoms with Crippen molar-refractivity contribution in [2.45, 2.75) is 245 Å². The van der Waals surface area contributed by atoms with Crippen LogP contribution in [0.2, 0.25) is 0 Å². The summed E-state index contributed by atoms with van der Waals surface area (Å²) in [5.41, 5.74) is 0. The van der Waals surface area contributed by atoms with Gasteiger partial charge in [0.25, 0.3) is 0 Å². The van der Waals surface area contributed by atoms with E-state index in [1.807, 2.05) is 21.1 Å². The van der Waals surface area contributed by atoms with E-state index in [-0.39, 0.29) is 38.6 Å². The van der Waals surface area contributed by atoms with Crippen LogP contribution in [0.25, 0.3) is 0 Å². The average molecular weight is 1280 g/mol.